The standard InChI is InChI=1S/C18H18F3N7O2/c19-18(20,21)17(16-23-15(26-30-16)12-3-1-2-5-22-12)4-6-27(11-17)9-13-24-25-14-10-29-8-7-28(13)14/h1-3,5H,4,6-11H2. The Bertz CT molecular complexity index is 1040. The molecule has 2 aliphatic heterocycles. The third-order valence-corrected chi connectivity index (χ3v) is 5.58. The summed E-state index contributed by atoms with van der Waals surface area (Å²) in [6, 6.07) is 5.03. The number of halogens is 3. The van der Waals surface area contributed by atoms with E-state index < -0.39 is 17.5 Å². The Hall–Kier alpha value is -2.86. The van der Waals surface area contributed by atoms with Gasteiger partial charge in [0.15, 0.2) is 11.2 Å². The van der Waals surface area contributed by atoms with Crippen LogP contribution in [0.1, 0.15) is 24.0 Å². The molecule has 2 aliphatic rings. The van der Waals surface area contributed by atoms with Gasteiger partial charge in [-0.2, -0.15) is 18.2 Å². The summed E-state index contributed by atoms with van der Waals surface area (Å²) in [6.07, 6.45) is -3.20. The highest BCUT2D eigenvalue weighted by Gasteiger charge is 2.62. The number of aromatic nitrogens is 6. The summed E-state index contributed by atoms with van der Waals surface area (Å²) < 4.78 is 55.0. The molecule has 1 saturated heterocycles. The number of hydrogen-bond acceptors (Lipinski definition) is 8. The second kappa shape index (κ2) is 7.13. The van der Waals surface area contributed by atoms with Crippen molar-refractivity contribution in [1.29, 1.82) is 0 Å². The van der Waals surface area contributed by atoms with Gasteiger partial charge >= 0.3 is 6.18 Å². The Morgan fingerprint density at radius 2 is 2.07 bits per heavy atom. The van der Waals surface area contributed by atoms with Crippen molar-refractivity contribution in [2.75, 3.05) is 19.7 Å². The van der Waals surface area contributed by atoms with Crippen LogP contribution in [0.5, 0.6) is 0 Å². The summed E-state index contributed by atoms with van der Waals surface area (Å²) in [5.74, 6) is 0.925. The van der Waals surface area contributed by atoms with Crippen molar-refractivity contribution in [3.8, 4) is 11.5 Å². The number of hydrogen-bond donors (Lipinski definition) is 0. The van der Waals surface area contributed by atoms with Gasteiger partial charge in [-0.15, -0.1) is 10.2 Å². The zero-order chi connectivity index (χ0) is 20.8. The van der Waals surface area contributed by atoms with Crippen LogP contribution < -0.4 is 0 Å². The first kappa shape index (κ1) is 19.1. The van der Waals surface area contributed by atoms with Crippen LogP contribution in [0.4, 0.5) is 13.2 Å². The van der Waals surface area contributed by atoms with Gasteiger partial charge in [-0.1, -0.05) is 11.2 Å². The van der Waals surface area contributed by atoms with E-state index in [9.17, 15) is 13.2 Å². The molecule has 9 nitrogen and oxygen atoms in total. The minimum Gasteiger partial charge on any atom is -0.372 e. The van der Waals surface area contributed by atoms with E-state index in [1.54, 1.807) is 23.1 Å². The number of nitrogens with zero attached hydrogens (tertiary/aromatic N) is 7. The lowest BCUT2D eigenvalue weighted by Gasteiger charge is -2.28. The topological polar surface area (TPSA) is 95.0 Å². The maximum atomic E-state index is 14.2. The van der Waals surface area contributed by atoms with E-state index in [0.717, 1.165) is 0 Å². The van der Waals surface area contributed by atoms with E-state index in [-0.39, 0.29) is 31.9 Å². The molecule has 0 saturated carbocycles. The molecular formula is C18H18F3N7O2. The van der Waals surface area contributed by atoms with Gasteiger partial charge in [-0.25, -0.2) is 0 Å². The molecule has 158 valence electrons. The first-order valence-electron chi connectivity index (χ1n) is 9.50. The van der Waals surface area contributed by atoms with Gasteiger partial charge in [0, 0.05) is 25.8 Å². The summed E-state index contributed by atoms with van der Waals surface area (Å²) in [5, 5.41) is 11.9. The molecule has 1 unspecified atom stereocenters. The van der Waals surface area contributed by atoms with E-state index in [4.69, 9.17) is 9.26 Å². The molecule has 0 aromatic carbocycles. The van der Waals surface area contributed by atoms with E-state index >= 15 is 0 Å². The third-order valence-electron chi connectivity index (χ3n) is 5.58. The van der Waals surface area contributed by atoms with Crippen molar-refractivity contribution in [3.05, 3.63) is 41.9 Å². The number of ether oxygens (including phenoxy) is 1. The minimum atomic E-state index is -4.55. The number of rotatable bonds is 4. The Morgan fingerprint density at radius 3 is 2.87 bits per heavy atom. The number of fused-ring (bicyclic) bond motifs is 1. The lowest BCUT2D eigenvalue weighted by atomic mass is 9.86. The normalized spacial score (nSPS) is 22.4. The Balaban J connectivity index is 1.41. The van der Waals surface area contributed by atoms with E-state index in [1.165, 1.54) is 6.20 Å². The minimum absolute atomic E-state index is 0.0409. The molecule has 30 heavy (non-hydrogen) atoms. The quantitative estimate of drug-likeness (QED) is 0.631. The average Bonchev–Trinajstić information content (AvgIpc) is 3.48. The van der Waals surface area contributed by atoms with Crippen molar-refractivity contribution < 1.29 is 22.4 Å². The van der Waals surface area contributed by atoms with E-state index in [2.05, 4.69) is 25.3 Å². The van der Waals surface area contributed by atoms with Gasteiger partial charge < -0.3 is 13.8 Å². The molecule has 5 heterocycles. The summed E-state index contributed by atoms with van der Waals surface area (Å²) in [7, 11) is 0. The SMILES string of the molecule is FC(F)(F)C1(c2nc(-c3ccccn3)no2)CCN(Cc2nnc3n2CCOC3)C1. The fourth-order valence-electron chi connectivity index (χ4n) is 3.94. The molecular weight excluding hydrogens is 403 g/mol. The van der Waals surface area contributed by atoms with Crippen molar-refractivity contribution in [3.63, 3.8) is 0 Å². The Labute approximate surface area is 168 Å². The van der Waals surface area contributed by atoms with Crippen LogP contribution in [-0.4, -0.2) is 60.7 Å². The van der Waals surface area contributed by atoms with Crippen LogP contribution in [-0.2, 0) is 29.8 Å². The fourth-order valence-corrected chi connectivity index (χ4v) is 3.94. The molecule has 0 bridgehead atoms. The second-order valence-electron chi connectivity index (χ2n) is 7.42. The number of pyridine rings is 1. The lowest BCUT2D eigenvalue weighted by molar-refractivity contribution is -0.193. The first-order valence-corrected chi connectivity index (χ1v) is 9.50. The summed E-state index contributed by atoms with van der Waals surface area (Å²) >= 11 is 0. The average molecular weight is 421 g/mol. The van der Waals surface area contributed by atoms with Gasteiger partial charge in [0.05, 0.1) is 13.2 Å². The van der Waals surface area contributed by atoms with Crippen molar-refractivity contribution in [2.24, 2.45) is 0 Å². The molecule has 0 N–H and O–H groups in total. The van der Waals surface area contributed by atoms with Crippen LogP contribution in [0.25, 0.3) is 11.5 Å². The molecule has 12 heteroatoms. The number of likely N-dealkylation sites (tertiary alicyclic amines) is 1. The Kier molecular flexibility index (Phi) is 4.54. The zero-order valence-corrected chi connectivity index (χ0v) is 15.8. The van der Waals surface area contributed by atoms with Gasteiger partial charge in [0.1, 0.15) is 18.1 Å². The summed E-state index contributed by atoms with van der Waals surface area (Å²) in [4.78, 5) is 9.84. The van der Waals surface area contributed by atoms with Crippen LogP contribution >= 0.6 is 0 Å². The molecule has 0 amide bonds. The highest BCUT2D eigenvalue weighted by atomic mass is 19.4. The predicted molar refractivity (Wildman–Crippen MR) is 94.8 cm³/mol. The summed E-state index contributed by atoms with van der Waals surface area (Å²) in [5.41, 5.74) is -1.88. The monoisotopic (exact) mass is 421 g/mol. The lowest BCUT2D eigenvalue weighted by Crippen LogP contribution is -2.45. The Morgan fingerprint density at radius 1 is 1.17 bits per heavy atom. The molecule has 1 fully saturated rings. The van der Waals surface area contributed by atoms with Crippen molar-refractivity contribution >= 4 is 0 Å². The van der Waals surface area contributed by atoms with Gasteiger partial charge in [-0.05, 0) is 18.6 Å². The fraction of sp³-hybridized carbons (Fsp3) is 0.500. The van der Waals surface area contributed by atoms with Gasteiger partial charge in [0.2, 0.25) is 11.7 Å². The molecule has 5 rings (SSSR count). The summed E-state index contributed by atoms with van der Waals surface area (Å²) in [6.45, 7) is 1.66. The highest BCUT2D eigenvalue weighted by Crippen LogP contribution is 2.47. The molecule has 1 atom stereocenters. The van der Waals surface area contributed by atoms with E-state index in [1.807, 2.05) is 4.57 Å². The zero-order valence-electron chi connectivity index (χ0n) is 15.8. The molecule has 3 aromatic rings. The molecule has 0 aliphatic carbocycles. The number of alkyl halides is 3. The van der Waals surface area contributed by atoms with Crippen molar-refractivity contribution in [2.45, 2.75) is 37.7 Å². The first-order chi connectivity index (χ1) is 14.5. The molecule has 3 aromatic heterocycles. The van der Waals surface area contributed by atoms with Gasteiger partial charge in [-0.3, -0.25) is 9.88 Å². The molecule has 0 spiro atoms. The maximum Gasteiger partial charge on any atom is 0.404 e. The highest BCUT2D eigenvalue weighted by molar-refractivity contribution is 5.47. The second-order valence-corrected chi connectivity index (χ2v) is 7.42. The third kappa shape index (κ3) is 3.16. The van der Waals surface area contributed by atoms with Crippen LogP contribution in [0.2, 0.25) is 0 Å². The van der Waals surface area contributed by atoms with Crippen molar-refractivity contribution in [1.82, 2.24) is 34.8 Å². The smallest absolute Gasteiger partial charge is 0.372 e. The largest absolute Gasteiger partial charge is 0.404 e. The van der Waals surface area contributed by atoms with Crippen LogP contribution in [0, 0.1) is 0 Å². The van der Waals surface area contributed by atoms with Crippen LogP contribution in [0.15, 0.2) is 28.9 Å². The molecule has 0 radical (unpaired) electrons. The van der Waals surface area contributed by atoms with Crippen LogP contribution in [0.3, 0.4) is 0 Å². The van der Waals surface area contributed by atoms with E-state index in [0.29, 0.717) is 37.1 Å². The predicted octanol–water partition coefficient (Wildman–Crippen LogP) is 1.96. The van der Waals surface area contributed by atoms with Gasteiger partial charge in [0.25, 0.3) is 0 Å². The maximum absolute atomic E-state index is 14.2.